The molecule has 0 saturated carbocycles. The third kappa shape index (κ3) is 9.81. The molecule has 0 unspecified atom stereocenters. The molecule has 0 aliphatic heterocycles. The van der Waals surface area contributed by atoms with Crippen molar-refractivity contribution >= 4 is 39.7 Å². The van der Waals surface area contributed by atoms with E-state index in [1.165, 1.54) is 25.7 Å². The summed E-state index contributed by atoms with van der Waals surface area (Å²) in [5, 5.41) is 0. The van der Waals surface area contributed by atoms with Crippen molar-refractivity contribution in [1.82, 2.24) is 0 Å². The van der Waals surface area contributed by atoms with Gasteiger partial charge in [0.1, 0.15) is 5.75 Å². The van der Waals surface area contributed by atoms with E-state index in [2.05, 4.69) is 6.92 Å². The number of para-hydroxylation sites is 1. The minimum atomic E-state index is -3.43. The van der Waals surface area contributed by atoms with Crippen LogP contribution in [-0.2, 0) is 10.1 Å². The number of rotatable bonds is 10. The van der Waals surface area contributed by atoms with Gasteiger partial charge in [-0.2, -0.15) is 8.42 Å². The van der Waals surface area contributed by atoms with Crippen LogP contribution in [0, 0.1) is 0 Å². The van der Waals surface area contributed by atoms with Crippen molar-refractivity contribution in [2.45, 2.75) is 51.9 Å². The monoisotopic (exact) mass is 308 g/mol. The van der Waals surface area contributed by atoms with Gasteiger partial charge < -0.3 is 4.18 Å². The number of benzene rings is 1. The van der Waals surface area contributed by atoms with Crippen LogP contribution in [-0.4, -0.2) is 43.7 Å². The third-order valence-electron chi connectivity index (χ3n) is 2.96. The summed E-state index contributed by atoms with van der Waals surface area (Å²) in [5.74, 6) is 0.501. The van der Waals surface area contributed by atoms with Crippen LogP contribution in [0.4, 0.5) is 0 Å². The topological polar surface area (TPSA) is 43.4 Å². The Hall–Kier alpha value is -0.0300. The van der Waals surface area contributed by atoms with Gasteiger partial charge in [-0.3, -0.25) is 0 Å². The van der Waals surface area contributed by atoms with Crippen LogP contribution >= 0.6 is 0 Å². The van der Waals surface area contributed by atoms with E-state index < -0.39 is 10.1 Å². The van der Waals surface area contributed by atoms with Crippen LogP contribution in [0.25, 0.3) is 0 Å². The first kappa shape index (κ1) is 20.0. The van der Waals surface area contributed by atoms with Gasteiger partial charge in [-0.15, -0.1) is 0 Å². The zero-order chi connectivity index (χ0) is 14.0. The van der Waals surface area contributed by atoms with Gasteiger partial charge in [0.2, 0.25) is 0 Å². The fourth-order valence-electron chi connectivity index (χ4n) is 1.90. The molecule has 0 aliphatic carbocycles. The second-order valence-corrected chi connectivity index (χ2v) is 6.47. The molecule has 0 aromatic heterocycles. The number of unbranched alkanes of at least 4 members (excludes halogenated alkanes) is 6. The third-order valence-corrected chi connectivity index (χ3v) is 4.20. The number of hydrogen-bond acceptors (Lipinski definition) is 3. The van der Waals surface area contributed by atoms with E-state index in [1.807, 2.05) is 6.07 Å². The fourth-order valence-corrected chi connectivity index (χ4v) is 2.95. The van der Waals surface area contributed by atoms with Crippen LogP contribution < -0.4 is 4.18 Å². The molecule has 0 heterocycles. The molecule has 5 heteroatoms. The van der Waals surface area contributed by atoms with Crippen LogP contribution in [0.5, 0.6) is 5.75 Å². The molecular formula is C15H25NaO3S. The zero-order valence-electron chi connectivity index (χ0n) is 11.7. The van der Waals surface area contributed by atoms with Crippen molar-refractivity contribution in [3.8, 4) is 5.75 Å². The molecule has 0 saturated heterocycles. The SMILES string of the molecule is CCCCCCCCCS(=O)(=O)Oc1ccccc1.[NaH]. The molecule has 0 amide bonds. The van der Waals surface area contributed by atoms with Gasteiger partial charge in [-0.1, -0.05) is 63.6 Å². The molecule has 0 atom stereocenters. The predicted octanol–water partition coefficient (Wildman–Crippen LogP) is 3.50. The van der Waals surface area contributed by atoms with Gasteiger partial charge >= 0.3 is 39.7 Å². The standard InChI is InChI=1S/C15H24O3S.Na.H/c1-2-3-4-5-6-7-11-14-19(16,17)18-15-12-9-8-10-13-15;;/h8-10,12-13H,2-7,11,14H2,1H3;;. The Morgan fingerprint density at radius 2 is 1.45 bits per heavy atom. The Labute approximate surface area is 145 Å². The minimum absolute atomic E-state index is 0. The molecule has 0 fully saturated rings. The molecule has 1 rings (SSSR count). The van der Waals surface area contributed by atoms with Crippen LogP contribution in [0.3, 0.4) is 0 Å². The Kier molecular flexibility index (Phi) is 11.6. The van der Waals surface area contributed by atoms with Crippen molar-refractivity contribution < 1.29 is 12.6 Å². The summed E-state index contributed by atoms with van der Waals surface area (Å²) in [6.45, 7) is 2.19. The molecule has 0 spiro atoms. The predicted molar refractivity (Wildman–Crippen MR) is 86.0 cm³/mol. The van der Waals surface area contributed by atoms with Crippen molar-refractivity contribution in [3.05, 3.63) is 30.3 Å². The van der Waals surface area contributed by atoms with E-state index in [4.69, 9.17) is 4.18 Å². The average Bonchev–Trinajstić information content (AvgIpc) is 2.38. The van der Waals surface area contributed by atoms with Gasteiger partial charge in [0, 0.05) is 0 Å². The second-order valence-electron chi connectivity index (χ2n) is 4.78. The van der Waals surface area contributed by atoms with Crippen LogP contribution in [0.15, 0.2) is 30.3 Å². The number of hydrogen-bond donors (Lipinski definition) is 0. The molecule has 0 N–H and O–H groups in total. The summed E-state index contributed by atoms with van der Waals surface area (Å²) >= 11 is 0. The van der Waals surface area contributed by atoms with Gasteiger partial charge in [0.25, 0.3) is 0 Å². The average molecular weight is 308 g/mol. The molecular weight excluding hydrogens is 283 g/mol. The maximum absolute atomic E-state index is 11.7. The summed E-state index contributed by atoms with van der Waals surface area (Å²) in [6.07, 6.45) is 7.72. The van der Waals surface area contributed by atoms with E-state index in [9.17, 15) is 8.42 Å². The Balaban J connectivity index is 0.00000361. The Morgan fingerprint density at radius 1 is 0.900 bits per heavy atom. The maximum atomic E-state index is 11.7. The summed E-state index contributed by atoms with van der Waals surface area (Å²) < 4.78 is 28.4. The van der Waals surface area contributed by atoms with E-state index in [1.54, 1.807) is 24.3 Å². The van der Waals surface area contributed by atoms with Gasteiger partial charge in [-0.25, -0.2) is 0 Å². The molecule has 20 heavy (non-hydrogen) atoms. The van der Waals surface area contributed by atoms with Gasteiger partial charge in [0.15, 0.2) is 0 Å². The molecule has 0 radical (unpaired) electrons. The van der Waals surface area contributed by atoms with E-state index >= 15 is 0 Å². The molecule has 1 aromatic rings. The molecule has 1 aromatic carbocycles. The summed E-state index contributed by atoms with van der Waals surface area (Å²) in [7, 11) is -3.43. The zero-order valence-corrected chi connectivity index (χ0v) is 12.5. The summed E-state index contributed by atoms with van der Waals surface area (Å²) in [5.41, 5.74) is 0. The molecule has 3 nitrogen and oxygen atoms in total. The van der Waals surface area contributed by atoms with Crippen molar-refractivity contribution in [1.29, 1.82) is 0 Å². The van der Waals surface area contributed by atoms with Crippen molar-refractivity contribution in [3.63, 3.8) is 0 Å². The Morgan fingerprint density at radius 3 is 2.05 bits per heavy atom. The Bertz CT molecular complexity index is 432. The normalized spacial score (nSPS) is 10.8. The first-order valence-corrected chi connectivity index (χ1v) is 8.69. The van der Waals surface area contributed by atoms with Gasteiger partial charge in [-0.05, 0) is 18.6 Å². The van der Waals surface area contributed by atoms with E-state index in [-0.39, 0.29) is 35.3 Å². The first-order valence-electron chi connectivity index (χ1n) is 7.11. The van der Waals surface area contributed by atoms with Crippen LogP contribution in [0.2, 0.25) is 0 Å². The summed E-state index contributed by atoms with van der Waals surface area (Å²) in [6, 6.07) is 8.66. The van der Waals surface area contributed by atoms with Crippen LogP contribution in [0.1, 0.15) is 51.9 Å². The van der Waals surface area contributed by atoms with E-state index in [0.717, 1.165) is 12.8 Å². The molecule has 110 valence electrons. The van der Waals surface area contributed by atoms with E-state index in [0.29, 0.717) is 12.2 Å². The van der Waals surface area contributed by atoms with Crippen molar-refractivity contribution in [2.24, 2.45) is 0 Å². The fraction of sp³-hybridized carbons (Fsp3) is 0.600. The summed E-state index contributed by atoms with van der Waals surface area (Å²) in [4.78, 5) is 0. The molecule has 0 aliphatic rings. The quantitative estimate of drug-likeness (QED) is 0.377. The second kappa shape index (κ2) is 11.6. The van der Waals surface area contributed by atoms with Gasteiger partial charge in [0.05, 0.1) is 5.75 Å². The first-order chi connectivity index (χ1) is 9.14. The molecule has 0 bridgehead atoms. The van der Waals surface area contributed by atoms with Crippen molar-refractivity contribution in [2.75, 3.05) is 5.75 Å².